The minimum absolute atomic E-state index is 0.0322. The predicted molar refractivity (Wildman–Crippen MR) is 113 cm³/mol. The fourth-order valence-electron chi connectivity index (χ4n) is 7.72. The van der Waals surface area contributed by atoms with E-state index in [-0.39, 0.29) is 29.9 Å². The molecule has 0 unspecified atom stereocenters. The lowest BCUT2D eigenvalue weighted by molar-refractivity contribution is -0.226. The van der Waals surface area contributed by atoms with Gasteiger partial charge in [0.2, 0.25) is 0 Å². The number of carbonyl (C=O) groups excluding carboxylic acids is 3. The smallest absolute Gasteiger partial charge is 0.303 e. The maximum atomic E-state index is 17.1. The number of allylic oxidation sites excluding steroid dienone is 4. The summed E-state index contributed by atoms with van der Waals surface area (Å²) in [6.07, 6.45) is 4.54. The summed E-state index contributed by atoms with van der Waals surface area (Å²) in [5.74, 6) is -2.67. The van der Waals surface area contributed by atoms with Gasteiger partial charge in [-0.3, -0.25) is 14.4 Å². The van der Waals surface area contributed by atoms with E-state index < -0.39 is 45.9 Å². The van der Waals surface area contributed by atoms with Crippen molar-refractivity contribution in [1.82, 2.24) is 0 Å². The summed E-state index contributed by atoms with van der Waals surface area (Å²) in [5.41, 5.74) is -4.83. The fraction of sp³-hybridized carbons (Fsp3) is 0.708. The highest BCUT2D eigenvalue weighted by Gasteiger charge is 2.77. The number of halogens is 2. The van der Waals surface area contributed by atoms with E-state index >= 15 is 4.39 Å². The van der Waals surface area contributed by atoms with E-state index in [2.05, 4.69) is 0 Å². The molecule has 0 radical (unpaired) electrons. The Morgan fingerprint density at radius 2 is 2.00 bits per heavy atom. The molecule has 0 amide bonds. The third-order valence-corrected chi connectivity index (χ3v) is 9.26. The van der Waals surface area contributed by atoms with Crippen LogP contribution in [0.5, 0.6) is 0 Å². The van der Waals surface area contributed by atoms with Gasteiger partial charge in [-0.2, -0.15) is 0 Å². The van der Waals surface area contributed by atoms with Crippen molar-refractivity contribution >= 4 is 29.1 Å². The number of esters is 1. The normalized spacial score (nSPS) is 48.4. The maximum Gasteiger partial charge on any atom is 0.303 e. The third-order valence-electron chi connectivity index (χ3n) is 9.02. The van der Waals surface area contributed by atoms with Crippen LogP contribution in [0.15, 0.2) is 23.8 Å². The first-order chi connectivity index (χ1) is 14.4. The van der Waals surface area contributed by atoms with E-state index in [4.69, 9.17) is 16.3 Å². The Morgan fingerprint density at radius 3 is 2.61 bits per heavy atom. The fourth-order valence-corrected chi connectivity index (χ4v) is 7.92. The van der Waals surface area contributed by atoms with Crippen LogP contribution in [0.4, 0.5) is 4.39 Å². The Kier molecular flexibility index (Phi) is 5.10. The number of aliphatic hydroxyl groups excluding tert-OH is 1. The van der Waals surface area contributed by atoms with Gasteiger partial charge in [0.1, 0.15) is 0 Å². The summed E-state index contributed by atoms with van der Waals surface area (Å²) in [6.45, 7) is 6.69. The number of carbonyl (C=O) groups is 3. The van der Waals surface area contributed by atoms with Gasteiger partial charge in [0.15, 0.2) is 22.8 Å². The molecule has 3 fully saturated rings. The molecule has 0 aromatic heterocycles. The second-order valence-electron chi connectivity index (χ2n) is 10.3. The minimum Gasteiger partial charge on any atom is -0.450 e. The zero-order valence-corrected chi connectivity index (χ0v) is 19.2. The predicted octanol–water partition coefficient (Wildman–Crippen LogP) is 3.71. The molecule has 0 heterocycles. The van der Waals surface area contributed by atoms with E-state index in [1.54, 1.807) is 13.0 Å². The van der Waals surface area contributed by atoms with Crippen LogP contribution in [0.25, 0.3) is 0 Å². The van der Waals surface area contributed by atoms with Crippen molar-refractivity contribution in [3.05, 3.63) is 23.8 Å². The van der Waals surface area contributed by atoms with Crippen LogP contribution in [-0.2, 0) is 19.1 Å². The van der Waals surface area contributed by atoms with Crippen molar-refractivity contribution in [2.45, 2.75) is 70.8 Å². The van der Waals surface area contributed by atoms with E-state index in [9.17, 15) is 19.5 Å². The van der Waals surface area contributed by atoms with E-state index in [1.807, 2.05) is 13.8 Å². The van der Waals surface area contributed by atoms with Gasteiger partial charge in [0.25, 0.3) is 0 Å². The lowest BCUT2D eigenvalue weighted by Crippen LogP contribution is -2.70. The Balaban J connectivity index is 1.86. The second-order valence-corrected chi connectivity index (χ2v) is 10.6. The number of alkyl halides is 2. The highest BCUT2D eigenvalue weighted by atomic mass is 35.5. The molecular formula is C24H30ClFO5. The molecule has 0 aliphatic heterocycles. The molecule has 0 aromatic rings. The third kappa shape index (κ3) is 2.61. The molecule has 0 saturated heterocycles. The van der Waals surface area contributed by atoms with Gasteiger partial charge < -0.3 is 9.84 Å². The van der Waals surface area contributed by atoms with Crippen LogP contribution in [0.3, 0.4) is 0 Å². The van der Waals surface area contributed by atoms with Gasteiger partial charge in [-0.05, 0) is 50.7 Å². The zero-order chi connectivity index (χ0) is 23.0. The molecule has 0 aromatic carbocycles. The molecule has 7 heteroatoms. The van der Waals surface area contributed by atoms with Crippen LogP contribution in [0, 0.1) is 28.6 Å². The van der Waals surface area contributed by atoms with Crippen LogP contribution in [0.2, 0.25) is 0 Å². The van der Waals surface area contributed by atoms with Crippen molar-refractivity contribution in [1.29, 1.82) is 0 Å². The molecule has 0 bridgehead atoms. The molecule has 4 aliphatic carbocycles. The number of fused-ring (bicyclic) bond motifs is 5. The van der Waals surface area contributed by atoms with Crippen molar-refractivity contribution in [2.24, 2.45) is 28.6 Å². The van der Waals surface area contributed by atoms with Crippen molar-refractivity contribution < 1.29 is 28.6 Å². The Labute approximate surface area is 187 Å². The molecule has 3 saturated carbocycles. The first kappa shape index (κ1) is 22.7. The largest absolute Gasteiger partial charge is 0.450 e. The molecule has 0 spiro atoms. The summed E-state index contributed by atoms with van der Waals surface area (Å²) in [5, 5.41) is 11.3. The van der Waals surface area contributed by atoms with Crippen LogP contribution in [-0.4, -0.2) is 45.9 Å². The van der Waals surface area contributed by atoms with E-state index in [1.165, 1.54) is 19.1 Å². The average Bonchev–Trinajstić information content (AvgIpc) is 2.90. The van der Waals surface area contributed by atoms with Crippen molar-refractivity contribution in [3.8, 4) is 0 Å². The SMILES string of the molecule is CC(=O)O[C@]1(C(=O)CCl)[C@H](C)C[C@H]2[C@@H]3CCC4=CC(=O)C=C[C@]4(C)[C@@]3(F)[C@@H](O)C[C@@]21C. The summed E-state index contributed by atoms with van der Waals surface area (Å²) in [7, 11) is 0. The van der Waals surface area contributed by atoms with E-state index in [0.29, 0.717) is 24.8 Å². The zero-order valence-electron chi connectivity index (χ0n) is 18.4. The standard InChI is InChI=1S/C24H30ClFO5/c1-13-9-18-17-6-5-15-10-16(28)7-8-21(15,3)23(17,26)19(29)11-22(18,4)24(13,20(30)12-25)31-14(2)27/h7-8,10,13,17-19,29H,5-6,9,11-12H2,1-4H3/t13-,17+,18+,19+,21+,22+,23+,24+/m1/s1. The van der Waals surface area contributed by atoms with Gasteiger partial charge in [-0.15, -0.1) is 11.6 Å². The Hall–Kier alpha value is -1.53. The molecule has 31 heavy (non-hydrogen) atoms. The second kappa shape index (κ2) is 6.98. The summed E-state index contributed by atoms with van der Waals surface area (Å²) in [6, 6.07) is 0. The Morgan fingerprint density at radius 1 is 1.32 bits per heavy atom. The van der Waals surface area contributed by atoms with Crippen molar-refractivity contribution in [3.63, 3.8) is 0 Å². The number of hydrogen-bond acceptors (Lipinski definition) is 5. The quantitative estimate of drug-likeness (QED) is 0.521. The van der Waals surface area contributed by atoms with Crippen LogP contribution in [0.1, 0.15) is 53.4 Å². The van der Waals surface area contributed by atoms with Crippen LogP contribution >= 0.6 is 11.6 Å². The van der Waals surface area contributed by atoms with E-state index in [0.717, 1.165) is 0 Å². The molecule has 5 nitrogen and oxygen atoms in total. The maximum absolute atomic E-state index is 17.1. The molecule has 4 aliphatic rings. The minimum atomic E-state index is -1.99. The first-order valence-electron chi connectivity index (χ1n) is 11.0. The van der Waals surface area contributed by atoms with Crippen molar-refractivity contribution in [2.75, 3.05) is 5.88 Å². The highest BCUT2D eigenvalue weighted by Crippen LogP contribution is 2.71. The number of aliphatic hydroxyl groups is 1. The lowest BCUT2D eigenvalue weighted by Gasteiger charge is -2.62. The Bertz CT molecular complexity index is 914. The number of ketones is 2. The highest BCUT2D eigenvalue weighted by molar-refractivity contribution is 6.29. The number of hydrogen-bond donors (Lipinski definition) is 1. The van der Waals surface area contributed by atoms with Gasteiger partial charge in [-0.1, -0.05) is 25.5 Å². The molecule has 8 atom stereocenters. The summed E-state index contributed by atoms with van der Waals surface area (Å²) < 4.78 is 22.9. The number of Topliss-reactive ketones (excluding diaryl/α,β-unsaturated/α-hetero) is 1. The molecule has 4 rings (SSSR count). The molecular weight excluding hydrogens is 423 g/mol. The van der Waals surface area contributed by atoms with Gasteiger partial charge >= 0.3 is 5.97 Å². The van der Waals surface area contributed by atoms with Crippen LogP contribution < -0.4 is 0 Å². The number of ether oxygens (including phenoxy) is 1. The summed E-state index contributed by atoms with van der Waals surface area (Å²) in [4.78, 5) is 37.2. The van der Waals surface area contributed by atoms with Gasteiger partial charge in [0, 0.05) is 29.6 Å². The molecule has 1 N–H and O–H groups in total. The monoisotopic (exact) mass is 452 g/mol. The lowest BCUT2D eigenvalue weighted by atomic mass is 9.44. The summed E-state index contributed by atoms with van der Waals surface area (Å²) >= 11 is 5.97. The van der Waals surface area contributed by atoms with Gasteiger partial charge in [0.05, 0.1) is 12.0 Å². The molecule has 170 valence electrons. The average molecular weight is 453 g/mol. The first-order valence-corrected chi connectivity index (χ1v) is 11.5. The van der Waals surface area contributed by atoms with Gasteiger partial charge in [-0.25, -0.2) is 4.39 Å². The number of rotatable bonds is 3. The topological polar surface area (TPSA) is 80.7 Å².